The van der Waals surface area contributed by atoms with E-state index in [2.05, 4.69) is 9.88 Å². The summed E-state index contributed by atoms with van der Waals surface area (Å²) in [5.74, 6) is 1.62. The van der Waals surface area contributed by atoms with Gasteiger partial charge in [-0.3, -0.25) is 9.78 Å². The molecule has 1 fully saturated rings. The summed E-state index contributed by atoms with van der Waals surface area (Å²) in [6.07, 6.45) is 3.69. The van der Waals surface area contributed by atoms with E-state index in [1.807, 2.05) is 19.1 Å². The van der Waals surface area contributed by atoms with Crippen LogP contribution in [0.5, 0.6) is 5.75 Å². The van der Waals surface area contributed by atoms with Gasteiger partial charge in [-0.15, -0.1) is 0 Å². The Kier molecular flexibility index (Phi) is 4.83. The number of carbonyl (C=O) groups is 1. The predicted molar refractivity (Wildman–Crippen MR) is 109 cm³/mol. The fourth-order valence-corrected chi connectivity index (χ4v) is 4.56. The van der Waals surface area contributed by atoms with Crippen molar-refractivity contribution in [2.75, 3.05) is 31.6 Å². The highest BCUT2D eigenvalue weighted by Crippen LogP contribution is 2.35. The van der Waals surface area contributed by atoms with Crippen LogP contribution in [0.1, 0.15) is 51.8 Å². The van der Waals surface area contributed by atoms with Gasteiger partial charge < -0.3 is 24.4 Å². The van der Waals surface area contributed by atoms with Crippen molar-refractivity contribution >= 4 is 11.7 Å². The maximum absolute atomic E-state index is 12.4. The molecule has 0 saturated carbocycles. The van der Waals surface area contributed by atoms with Crippen molar-refractivity contribution in [3.63, 3.8) is 0 Å². The van der Waals surface area contributed by atoms with Gasteiger partial charge in [0.2, 0.25) is 0 Å². The minimum atomic E-state index is -0.371. The molecule has 2 aromatic heterocycles. The SMILES string of the molecule is Cc1cc2c(nc1N1CCC(Oc3cnc4c(c3)COC4)CC1)[C@H](CO)N(C)C2=O. The predicted octanol–water partition coefficient (Wildman–Crippen LogP) is 1.98. The quantitative estimate of drug-likeness (QED) is 0.825. The molecule has 0 aromatic carbocycles. The Bertz CT molecular complexity index is 987. The molecular formula is C22H26N4O4. The number of carbonyl (C=O) groups excluding carboxylic acids is 1. The summed E-state index contributed by atoms with van der Waals surface area (Å²) in [6.45, 7) is 4.70. The zero-order chi connectivity index (χ0) is 20.8. The minimum absolute atomic E-state index is 0.0772. The summed E-state index contributed by atoms with van der Waals surface area (Å²) in [5, 5.41) is 9.73. The number of hydrogen-bond acceptors (Lipinski definition) is 7. The molecule has 8 nitrogen and oxygen atoms in total. The van der Waals surface area contributed by atoms with Crippen LogP contribution in [0, 0.1) is 6.92 Å². The van der Waals surface area contributed by atoms with E-state index in [9.17, 15) is 9.90 Å². The van der Waals surface area contributed by atoms with Gasteiger partial charge >= 0.3 is 0 Å². The molecule has 1 saturated heterocycles. The van der Waals surface area contributed by atoms with E-state index in [0.717, 1.165) is 54.3 Å². The van der Waals surface area contributed by atoms with Gasteiger partial charge in [0.05, 0.1) is 49.0 Å². The third-order valence-electron chi connectivity index (χ3n) is 6.30. The molecule has 2 aromatic rings. The first-order valence-corrected chi connectivity index (χ1v) is 10.4. The minimum Gasteiger partial charge on any atom is -0.489 e. The van der Waals surface area contributed by atoms with E-state index in [4.69, 9.17) is 14.5 Å². The van der Waals surface area contributed by atoms with E-state index >= 15 is 0 Å². The fourth-order valence-electron chi connectivity index (χ4n) is 4.56. The molecule has 3 aliphatic rings. The Labute approximate surface area is 175 Å². The highest BCUT2D eigenvalue weighted by atomic mass is 16.5. The molecule has 30 heavy (non-hydrogen) atoms. The molecule has 5 rings (SSSR count). The van der Waals surface area contributed by atoms with Crippen LogP contribution in [0.2, 0.25) is 0 Å². The van der Waals surface area contributed by atoms with Gasteiger partial charge in [0.25, 0.3) is 5.91 Å². The molecule has 1 N–H and O–H groups in total. The van der Waals surface area contributed by atoms with Crippen LogP contribution < -0.4 is 9.64 Å². The highest BCUT2D eigenvalue weighted by molar-refractivity contribution is 5.99. The maximum atomic E-state index is 12.4. The van der Waals surface area contributed by atoms with Gasteiger partial charge in [0.15, 0.2) is 0 Å². The molecule has 0 radical (unpaired) electrons. The van der Waals surface area contributed by atoms with E-state index < -0.39 is 0 Å². The Balaban J connectivity index is 1.28. The van der Waals surface area contributed by atoms with Crippen LogP contribution >= 0.6 is 0 Å². The molecule has 0 spiro atoms. The third kappa shape index (κ3) is 3.20. The standard InChI is InChI=1S/C22H26N4O4/c1-13-7-17-20(19(10-27)25(2)22(17)28)24-21(13)26-5-3-15(4-6-26)30-16-8-14-11-29-12-18(14)23-9-16/h7-9,15,19,27H,3-6,10-12H2,1-2H3/t19-/m0/s1. The van der Waals surface area contributed by atoms with Crippen molar-refractivity contribution in [3.8, 4) is 5.75 Å². The summed E-state index contributed by atoms with van der Waals surface area (Å²) in [6, 6.07) is 3.58. The number of aromatic nitrogens is 2. The number of fused-ring (bicyclic) bond motifs is 2. The highest BCUT2D eigenvalue weighted by Gasteiger charge is 2.36. The Morgan fingerprint density at radius 1 is 1.27 bits per heavy atom. The van der Waals surface area contributed by atoms with Crippen molar-refractivity contribution in [2.45, 2.75) is 45.1 Å². The normalized spacial score (nSPS) is 21.2. The van der Waals surface area contributed by atoms with Crippen molar-refractivity contribution in [1.82, 2.24) is 14.9 Å². The van der Waals surface area contributed by atoms with Crippen LogP contribution in [0.25, 0.3) is 0 Å². The second kappa shape index (κ2) is 7.52. The van der Waals surface area contributed by atoms with E-state index in [0.29, 0.717) is 24.5 Å². The number of aliphatic hydroxyl groups excluding tert-OH is 1. The van der Waals surface area contributed by atoms with Crippen LogP contribution in [-0.2, 0) is 18.0 Å². The zero-order valence-electron chi connectivity index (χ0n) is 17.3. The van der Waals surface area contributed by atoms with Crippen molar-refractivity contribution in [3.05, 3.63) is 46.4 Å². The fraction of sp³-hybridized carbons (Fsp3) is 0.500. The van der Waals surface area contributed by atoms with Crippen LogP contribution in [0.3, 0.4) is 0 Å². The van der Waals surface area contributed by atoms with Crippen molar-refractivity contribution < 1.29 is 19.4 Å². The first-order valence-electron chi connectivity index (χ1n) is 10.4. The van der Waals surface area contributed by atoms with Gasteiger partial charge in [-0.1, -0.05) is 0 Å². The lowest BCUT2D eigenvalue weighted by molar-refractivity contribution is 0.0715. The van der Waals surface area contributed by atoms with Gasteiger partial charge in [0, 0.05) is 38.5 Å². The molecular weight excluding hydrogens is 384 g/mol. The largest absolute Gasteiger partial charge is 0.489 e. The molecule has 5 heterocycles. The molecule has 3 aliphatic heterocycles. The van der Waals surface area contributed by atoms with Gasteiger partial charge in [-0.25, -0.2) is 4.98 Å². The smallest absolute Gasteiger partial charge is 0.256 e. The Morgan fingerprint density at radius 3 is 2.83 bits per heavy atom. The molecule has 1 atom stereocenters. The number of ether oxygens (including phenoxy) is 2. The van der Waals surface area contributed by atoms with Crippen molar-refractivity contribution in [1.29, 1.82) is 0 Å². The van der Waals surface area contributed by atoms with Crippen LogP contribution in [-0.4, -0.2) is 58.7 Å². The number of nitrogens with zero attached hydrogens (tertiary/aromatic N) is 4. The van der Waals surface area contributed by atoms with E-state index in [-0.39, 0.29) is 24.7 Å². The molecule has 0 aliphatic carbocycles. The van der Waals surface area contributed by atoms with Crippen LogP contribution in [0.15, 0.2) is 18.3 Å². The molecule has 0 unspecified atom stereocenters. The number of rotatable bonds is 4. The maximum Gasteiger partial charge on any atom is 0.256 e. The third-order valence-corrected chi connectivity index (χ3v) is 6.30. The second-order valence-electron chi connectivity index (χ2n) is 8.25. The number of piperidine rings is 1. The van der Waals surface area contributed by atoms with E-state index in [1.54, 1.807) is 18.1 Å². The summed E-state index contributed by atoms with van der Waals surface area (Å²) >= 11 is 0. The Hall–Kier alpha value is -2.71. The second-order valence-corrected chi connectivity index (χ2v) is 8.25. The number of aryl methyl sites for hydroxylation is 1. The molecule has 0 bridgehead atoms. The number of aliphatic hydroxyl groups is 1. The zero-order valence-corrected chi connectivity index (χ0v) is 17.3. The lowest BCUT2D eigenvalue weighted by atomic mass is 10.1. The monoisotopic (exact) mass is 410 g/mol. The lowest BCUT2D eigenvalue weighted by Gasteiger charge is -2.34. The van der Waals surface area contributed by atoms with E-state index in [1.165, 1.54) is 0 Å². The topological polar surface area (TPSA) is 88.0 Å². The number of anilines is 1. The first-order chi connectivity index (χ1) is 14.5. The molecule has 1 amide bonds. The van der Waals surface area contributed by atoms with Gasteiger partial charge in [-0.05, 0) is 24.6 Å². The molecule has 8 heteroatoms. The van der Waals surface area contributed by atoms with Crippen LogP contribution in [0.4, 0.5) is 5.82 Å². The summed E-state index contributed by atoms with van der Waals surface area (Å²) in [7, 11) is 1.71. The summed E-state index contributed by atoms with van der Waals surface area (Å²) < 4.78 is 11.6. The molecule has 158 valence electrons. The van der Waals surface area contributed by atoms with Gasteiger partial charge in [-0.2, -0.15) is 0 Å². The first kappa shape index (κ1) is 19.3. The lowest BCUT2D eigenvalue weighted by Crippen LogP contribution is -2.39. The van der Waals surface area contributed by atoms with Crippen molar-refractivity contribution in [2.24, 2.45) is 0 Å². The number of likely N-dealkylation sites (N-methyl/N-ethyl adjacent to an activating group) is 1. The average Bonchev–Trinajstić information content (AvgIpc) is 3.31. The number of hydrogen-bond donors (Lipinski definition) is 1. The van der Waals surface area contributed by atoms with Gasteiger partial charge in [0.1, 0.15) is 17.7 Å². The average molecular weight is 410 g/mol. The summed E-state index contributed by atoms with van der Waals surface area (Å²) in [5.41, 5.74) is 4.37. The number of pyridine rings is 2. The number of amides is 1. The summed E-state index contributed by atoms with van der Waals surface area (Å²) in [4.78, 5) is 25.5. The Morgan fingerprint density at radius 2 is 2.07 bits per heavy atom.